The Morgan fingerprint density at radius 2 is 2.24 bits per heavy atom. The van der Waals surface area contributed by atoms with E-state index in [0.717, 1.165) is 19.6 Å². The second-order valence-electron chi connectivity index (χ2n) is 4.74. The van der Waals surface area contributed by atoms with E-state index in [-0.39, 0.29) is 0 Å². The Balaban J connectivity index is 2.63. The standard InChI is InChI=1S/C14H25NOS/c1-5-7-15-14(9-11(2)10-16-4)13-6-8-17-12(13)3/h6,8,11,14-15H,5,7,9-10H2,1-4H3. The molecule has 1 heterocycles. The molecule has 0 bridgehead atoms. The zero-order valence-electron chi connectivity index (χ0n) is 11.5. The van der Waals surface area contributed by atoms with Crippen molar-refractivity contribution in [3.05, 3.63) is 21.9 Å². The Kier molecular flexibility index (Phi) is 6.78. The van der Waals surface area contributed by atoms with Crippen molar-refractivity contribution >= 4 is 11.3 Å². The van der Waals surface area contributed by atoms with Crippen LogP contribution in [0.25, 0.3) is 0 Å². The molecule has 17 heavy (non-hydrogen) atoms. The lowest BCUT2D eigenvalue weighted by Gasteiger charge is -2.22. The van der Waals surface area contributed by atoms with Gasteiger partial charge in [0.25, 0.3) is 0 Å². The number of rotatable bonds is 8. The van der Waals surface area contributed by atoms with Crippen molar-refractivity contribution in [1.82, 2.24) is 5.32 Å². The summed E-state index contributed by atoms with van der Waals surface area (Å²) in [7, 11) is 1.78. The monoisotopic (exact) mass is 255 g/mol. The maximum atomic E-state index is 5.23. The van der Waals surface area contributed by atoms with Gasteiger partial charge < -0.3 is 10.1 Å². The summed E-state index contributed by atoms with van der Waals surface area (Å²) in [4.78, 5) is 1.43. The van der Waals surface area contributed by atoms with Crippen LogP contribution in [0.15, 0.2) is 11.4 Å². The summed E-state index contributed by atoms with van der Waals surface area (Å²) in [6.45, 7) is 8.60. The molecule has 1 N–H and O–H groups in total. The SMILES string of the molecule is CCCNC(CC(C)COC)c1ccsc1C. The molecule has 0 aliphatic heterocycles. The van der Waals surface area contributed by atoms with E-state index in [1.54, 1.807) is 7.11 Å². The zero-order chi connectivity index (χ0) is 12.7. The van der Waals surface area contributed by atoms with Crippen LogP contribution in [0.5, 0.6) is 0 Å². The number of nitrogens with one attached hydrogen (secondary N) is 1. The van der Waals surface area contributed by atoms with Gasteiger partial charge in [0, 0.05) is 24.6 Å². The van der Waals surface area contributed by atoms with Gasteiger partial charge in [-0.1, -0.05) is 13.8 Å². The fourth-order valence-electron chi connectivity index (χ4n) is 2.15. The highest BCUT2D eigenvalue weighted by molar-refractivity contribution is 7.10. The van der Waals surface area contributed by atoms with Crippen LogP contribution in [-0.4, -0.2) is 20.3 Å². The third kappa shape index (κ3) is 4.78. The first-order valence-electron chi connectivity index (χ1n) is 6.45. The summed E-state index contributed by atoms with van der Waals surface area (Å²) >= 11 is 1.84. The van der Waals surface area contributed by atoms with Gasteiger partial charge in [0.05, 0.1) is 0 Å². The zero-order valence-corrected chi connectivity index (χ0v) is 12.3. The van der Waals surface area contributed by atoms with Crippen LogP contribution in [0.1, 0.15) is 43.2 Å². The second kappa shape index (κ2) is 7.85. The van der Waals surface area contributed by atoms with Crippen LogP contribution in [-0.2, 0) is 4.74 Å². The summed E-state index contributed by atoms with van der Waals surface area (Å²) in [6.07, 6.45) is 2.32. The third-order valence-corrected chi connectivity index (χ3v) is 3.87. The molecule has 3 heteroatoms. The minimum atomic E-state index is 0.478. The van der Waals surface area contributed by atoms with E-state index in [2.05, 4.69) is 37.5 Å². The molecule has 2 unspecified atom stereocenters. The first-order valence-corrected chi connectivity index (χ1v) is 7.33. The minimum absolute atomic E-state index is 0.478. The van der Waals surface area contributed by atoms with Gasteiger partial charge in [-0.2, -0.15) is 0 Å². The number of aryl methyl sites for hydroxylation is 1. The van der Waals surface area contributed by atoms with Crippen molar-refractivity contribution < 1.29 is 4.74 Å². The van der Waals surface area contributed by atoms with Crippen LogP contribution < -0.4 is 5.32 Å². The lowest BCUT2D eigenvalue weighted by molar-refractivity contribution is 0.149. The number of thiophene rings is 1. The average Bonchev–Trinajstić information content (AvgIpc) is 2.71. The Morgan fingerprint density at radius 1 is 1.47 bits per heavy atom. The molecule has 0 spiro atoms. The molecule has 0 fully saturated rings. The fraction of sp³-hybridized carbons (Fsp3) is 0.714. The molecule has 0 aliphatic rings. The van der Waals surface area contributed by atoms with Crippen LogP contribution in [0, 0.1) is 12.8 Å². The number of hydrogen-bond donors (Lipinski definition) is 1. The first-order chi connectivity index (χ1) is 8.19. The summed E-state index contributed by atoms with van der Waals surface area (Å²) in [6, 6.07) is 2.73. The average molecular weight is 255 g/mol. The smallest absolute Gasteiger partial charge is 0.0488 e. The molecular formula is C14H25NOS. The third-order valence-electron chi connectivity index (χ3n) is 3.00. The summed E-state index contributed by atoms with van der Waals surface area (Å²) in [5.74, 6) is 0.591. The topological polar surface area (TPSA) is 21.3 Å². The molecule has 1 aromatic rings. The van der Waals surface area contributed by atoms with Crippen LogP contribution in [0.2, 0.25) is 0 Å². The molecule has 1 rings (SSSR count). The molecule has 0 amide bonds. The lowest BCUT2D eigenvalue weighted by atomic mass is 9.96. The van der Waals surface area contributed by atoms with E-state index in [4.69, 9.17) is 4.74 Å². The van der Waals surface area contributed by atoms with Gasteiger partial charge in [-0.3, -0.25) is 0 Å². The van der Waals surface area contributed by atoms with E-state index in [1.807, 2.05) is 11.3 Å². The predicted molar refractivity (Wildman–Crippen MR) is 75.7 cm³/mol. The fourth-order valence-corrected chi connectivity index (χ4v) is 2.92. The first kappa shape index (κ1) is 14.7. The molecule has 2 nitrogen and oxygen atoms in total. The Bertz CT molecular complexity index is 311. The van der Waals surface area contributed by atoms with Gasteiger partial charge in [0.15, 0.2) is 0 Å². The molecule has 0 aromatic carbocycles. The number of ether oxygens (including phenoxy) is 1. The number of methoxy groups -OCH3 is 1. The van der Waals surface area contributed by atoms with E-state index in [9.17, 15) is 0 Å². The van der Waals surface area contributed by atoms with Crippen molar-refractivity contribution in [2.45, 2.75) is 39.7 Å². The minimum Gasteiger partial charge on any atom is -0.384 e. The van der Waals surface area contributed by atoms with Gasteiger partial charge in [-0.05, 0) is 49.2 Å². The predicted octanol–water partition coefficient (Wildman–Crippen LogP) is 3.77. The van der Waals surface area contributed by atoms with Crippen molar-refractivity contribution in [3.8, 4) is 0 Å². The van der Waals surface area contributed by atoms with E-state index < -0.39 is 0 Å². The molecule has 0 aliphatic carbocycles. The molecular weight excluding hydrogens is 230 g/mol. The van der Waals surface area contributed by atoms with Crippen molar-refractivity contribution in [3.63, 3.8) is 0 Å². The molecule has 0 saturated heterocycles. The molecule has 98 valence electrons. The maximum absolute atomic E-state index is 5.23. The second-order valence-corrected chi connectivity index (χ2v) is 5.86. The number of hydrogen-bond acceptors (Lipinski definition) is 3. The van der Waals surface area contributed by atoms with Gasteiger partial charge in [0.1, 0.15) is 0 Å². The molecule has 0 radical (unpaired) electrons. The highest BCUT2D eigenvalue weighted by atomic mass is 32.1. The highest BCUT2D eigenvalue weighted by Crippen LogP contribution is 2.27. The largest absolute Gasteiger partial charge is 0.384 e. The van der Waals surface area contributed by atoms with Gasteiger partial charge in [-0.15, -0.1) is 11.3 Å². The van der Waals surface area contributed by atoms with Gasteiger partial charge in [0.2, 0.25) is 0 Å². The highest BCUT2D eigenvalue weighted by Gasteiger charge is 2.17. The maximum Gasteiger partial charge on any atom is 0.0488 e. The van der Waals surface area contributed by atoms with Crippen molar-refractivity contribution in [2.75, 3.05) is 20.3 Å². The van der Waals surface area contributed by atoms with Gasteiger partial charge in [-0.25, -0.2) is 0 Å². The van der Waals surface area contributed by atoms with Crippen LogP contribution in [0.4, 0.5) is 0 Å². The summed E-state index contributed by atoms with van der Waals surface area (Å²) < 4.78 is 5.23. The van der Waals surface area contributed by atoms with E-state index in [1.165, 1.54) is 16.9 Å². The molecule has 1 aromatic heterocycles. The van der Waals surface area contributed by atoms with Crippen molar-refractivity contribution in [1.29, 1.82) is 0 Å². The Morgan fingerprint density at radius 3 is 2.76 bits per heavy atom. The van der Waals surface area contributed by atoms with Gasteiger partial charge >= 0.3 is 0 Å². The molecule has 0 saturated carbocycles. The van der Waals surface area contributed by atoms with Crippen LogP contribution in [0.3, 0.4) is 0 Å². The Labute approximate surface area is 109 Å². The molecule has 2 atom stereocenters. The lowest BCUT2D eigenvalue weighted by Crippen LogP contribution is -2.25. The summed E-state index contributed by atoms with van der Waals surface area (Å²) in [5.41, 5.74) is 1.46. The van der Waals surface area contributed by atoms with Crippen LogP contribution >= 0.6 is 11.3 Å². The van der Waals surface area contributed by atoms with E-state index >= 15 is 0 Å². The normalized spacial score (nSPS) is 14.8. The quantitative estimate of drug-likeness (QED) is 0.763. The van der Waals surface area contributed by atoms with E-state index in [0.29, 0.717) is 12.0 Å². The Hall–Kier alpha value is -0.380. The summed E-state index contributed by atoms with van der Waals surface area (Å²) in [5, 5.41) is 5.84. The van der Waals surface area contributed by atoms with Crippen molar-refractivity contribution in [2.24, 2.45) is 5.92 Å².